The summed E-state index contributed by atoms with van der Waals surface area (Å²) in [5, 5.41) is 0. The van der Waals surface area contributed by atoms with Crippen molar-refractivity contribution < 1.29 is 24.0 Å². The van der Waals surface area contributed by atoms with Crippen LogP contribution in [0.25, 0.3) is 5.70 Å². The Balaban J connectivity index is 2.11. The van der Waals surface area contributed by atoms with Gasteiger partial charge in [-0.2, -0.15) is 9.97 Å². The highest BCUT2D eigenvalue weighted by atomic mass is 17.2. The van der Waals surface area contributed by atoms with E-state index in [-0.39, 0.29) is 22.9 Å². The van der Waals surface area contributed by atoms with Crippen molar-refractivity contribution in [1.82, 2.24) is 9.97 Å². The Morgan fingerprint density at radius 1 is 0.923 bits per heavy atom. The summed E-state index contributed by atoms with van der Waals surface area (Å²) in [6.07, 6.45) is 5.39. The van der Waals surface area contributed by atoms with E-state index in [9.17, 15) is 0 Å². The number of hydrogen-bond acceptors (Lipinski definition) is 8. The lowest BCUT2D eigenvalue weighted by Gasteiger charge is -2.19. The Labute approximate surface area is 230 Å². The molecule has 3 aromatic rings. The molecule has 0 radical (unpaired) electrons. The van der Waals surface area contributed by atoms with Gasteiger partial charge >= 0.3 is 5.88 Å². The van der Waals surface area contributed by atoms with Gasteiger partial charge in [-0.25, -0.2) is 0 Å². The van der Waals surface area contributed by atoms with Gasteiger partial charge in [-0.3, -0.25) is 14.8 Å². The van der Waals surface area contributed by atoms with Crippen LogP contribution in [0, 0.1) is 0 Å². The molecule has 0 aliphatic carbocycles. The number of ether oxygens (including phenoxy) is 3. The molecule has 0 amide bonds. The van der Waals surface area contributed by atoms with E-state index in [2.05, 4.69) is 35.7 Å². The Hall–Kier alpha value is -4.33. The van der Waals surface area contributed by atoms with Gasteiger partial charge in [0, 0.05) is 6.21 Å². The number of aromatic nitrogens is 2. The third kappa shape index (κ3) is 7.83. The average Bonchev–Trinajstić information content (AvgIpc) is 2.91. The lowest BCUT2D eigenvalue weighted by molar-refractivity contribution is -0.106. The van der Waals surface area contributed by atoms with Crippen LogP contribution in [0.2, 0.25) is 0 Å². The third-order valence-electron chi connectivity index (χ3n) is 5.47. The topological polar surface area (TPSA) is 84.3 Å². The number of benzene rings is 2. The van der Waals surface area contributed by atoms with Crippen LogP contribution in [0.3, 0.4) is 0 Å². The molecule has 39 heavy (non-hydrogen) atoms. The van der Waals surface area contributed by atoms with Crippen molar-refractivity contribution in [3.63, 3.8) is 0 Å². The van der Waals surface area contributed by atoms with Crippen molar-refractivity contribution in [3.8, 4) is 34.8 Å². The van der Waals surface area contributed by atoms with Crippen molar-refractivity contribution in [2.45, 2.75) is 53.9 Å². The Morgan fingerprint density at radius 2 is 1.59 bits per heavy atom. The van der Waals surface area contributed by atoms with Gasteiger partial charge in [0.2, 0.25) is 0 Å². The summed E-state index contributed by atoms with van der Waals surface area (Å²) in [6, 6.07) is 14.9. The van der Waals surface area contributed by atoms with E-state index in [4.69, 9.17) is 24.0 Å². The van der Waals surface area contributed by atoms with E-state index < -0.39 is 0 Å². The number of allylic oxidation sites excluding steroid dienone is 3. The zero-order chi connectivity index (χ0) is 28.4. The molecule has 2 aromatic carbocycles. The first kappa shape index (κ1) is 29.2. The number of nitrogens with zero attached hydrogens (tertiary/aromatic N) is 3. The molecular formula is C31H37N3O5. The van der Waals surface area contributed by atoms with Gasteiger partial charge in [0.1, 0.15) is 5.70 Å². The average molecular weight is 532 g/mol. The number of hydrogen-bond donors (Lipinski definition) is 0. The van der Waals surface area contributed by atoms with E-state index >= 15 is 0 Å². The maximum absolute atomic E-state index is 6.22. The van der Waals surface area contributed by atoms with E-state index in [1.165, 1.54) is 5.56 Å². The smallest absolute Gasteiger partial charge is 0.320 e. The molecule has 0 spiro atoms. The predicted octanol–water partition coefficient (Wildman–Crippen LogP) is 7.74. The highest BCUT2D eigenvalue weighted by Crippen LogP contribution is 2.42. The normalized spacial score (nSPS) is 11.5. The quantitative estimate of drug-likeness (QED) is 0.142. The molecule has 0 aliphatic rings. The molecule has 0 bridgehead atoms. The van der Waals surface area contributed by atoms with Crippen LogP contribution >= 0.6 is 0 Å². The van der Waals surface area contributed by atoms with Gasteiger partial charge in [0.25, 0.3) is 11.6 Å². The molecule has 1 aromatic heterocycles. The van der Waals surface area contributed by atoms with E-state index in [1.807, 2.05) is 76.2 Å². The lowest BCUT2D eigenvalue weighted by Crippen LogP contribution is -2.11. The number of methoxy groups -OCH3 is 1. The van der Waals surface area contributed by atoms with Crippen molar-refractivity contribution >= 4 is 11.9 Å². The molecule has 0 aliphatic heterocycles. The predicted molar refractivity (Wildman–Crippen MR) is 154 cm³/mol. The highest BCUT2D eigenvalue weighted by molar-refractivity contribution is 5.79. The minimum Gasteiger partial charge on any atom is -0.493 e. The number of aliphatic imine (C=N–C) groups is 1. The minimum atomic E-state index is 0.0112. The molecule has 0 fully saturated rings. The summed E-state index contributed by atoms with van der Waals surface area (Å²) in [4.78, 5) is 25.3. The van der Waals surface area contributed by atoms with Gasteiger partial charge in [-0.05, 0) is 74.6 Å². The Bertz CT molecular complexity index is 1340. The summed E-state index contributed by atoms with van der Waals surface area (Å²) in [5.74, 6) is 2.09. The monoisotopic (exact) mass is 531 g/mol. The molecule has 3 rings (SSSR count). The number of para-hydroxylation sites is 2. The molecule has 0 unspecified atom stereocenters. The van der Waals surface area contributed by atoms with Crippen LogP contribution in [0.5, 0.6) is 34.8 Å². The fourth-order valence-corrected chi connectivity index (χ4v) is 3.42. The second-order valence-electron chi connectivity index (χ2n) is 9.77. The van der Waals surface area contributed by atoms with Crippen molar-refractivity contribution in [2.75, 3.05) is 13.7 Å². The second kappa shape index (κ2) is 13.5. The third-order valence-corrected chi connectivity index (χ3v) is 5.47. The molecule has 206 valence electrons. The van der Waals surface area contributed by atoms with E-state index in [0.717, 1.165) is 5.57 Å². The van der Waals surface area contributed by atoms with Crippen LogP contribution in [0.4, 0.5) is 0 Å². The van der Waals surface area contributed by atoms with Crippen molar-refractivity contribution in [3.05, 3.63) is 77.6 Å². The zero-order valence-corrected chi connectivity index (χ0v) is 23.9. The standard InChI is InChI=1S/C31H37N3O5/c1-9-11-20-32-26(21(3)4)28-33-29(36-10-2)27(37-25-15-13-12-14-24(25)35-8)30(34-28)39-38-23-18-16-22(17-19-23)31(5,6)7/h9,11-20H,10H2,1-8H3/b11-9-,32-20?. The maximum Gasteiger partial charge on any atom is 0.320 e. The fourth-order valence-electron chi connectivity index (χ4n) is 3.42. The summed E-state index contributed by atoms with van der Waals surface area (Å²) < 4.78 is 17.6. The van der Waals surface area contributed by atoms with Gasteiger partial charge in [0.05, 0.1) is 13.7 Å². The maximum atomic E-state index is 6.22. The summed E-state index contributed by atoms with van der Waals surface area (Å²) >= 11 is 0. The van der Waals surface area contributed by atoms with E-state index in [0.29, 0.717) is 35.4 Å². The summed E-state index contributed by atoms with van der Waals surface area (Å²) in [5.41, 5.74) is 2.65. The zero-order valence-electron chi connectivity index (χ0n) is 23.9. The largest absolute Gasteiger partial charge is 0.493 e. The Morgan fingerprint density at radius 3 is 2.18 bits per heavy atom. The second-order valence-corrected chi connectivity index (χ2v) is 9.77. The van der Waals surface area contributed by atoms with Gasteiger partial charge < -0.3 is 14.2 Å². The molecule has 8 nitrogen and oxygen atoms in total. The van der Waals surface area contributed by atoms with E-state index in [1.54, 1.807) is 25.5 Å². The highest BCUT2D eigenvalue weighted by Gasteiger charge is 2.24. The molecule has 0 saturated heterocycles. The van der Waals surface area contributed by atoms with Gasteiger partial charge in [0.15, 0.2) is 23.1 Å². The van der Waals surface area contributed by atoms with Crippen molar-refractivity contribution in [1.29, 1.82) is 0 Å². The minimum absolute atomic E-state index is 0.0112. The van der Waals surface area contributed by atoms with Crippen LogP contribution in [-0.2, 0) is 5.41 Å². The fraction of sp³-hybridized carbons (Fsp3) is 0.323. The van der Waals surface area contributed by atoms with Crippen molar-refractivity contribution in [2.24, 2.45) is 4.99 Å². The molecule has 8 heteroatoms. The summed E-state index contributed by atoms with van der Waals surface area (Å²) in [7, 11) is 1.57. The first-order valence-corrected chi connectivity index (χ1v) is 12.8. The Kier molecular flexibility index (Phi) is 10.1. The summed E-state index contributed by atoms with van der Waals surface area (Å²) in [6.45, 7) is 14.4. The van der Waals surface area contributed by atoms with Gasteiger partial charge in [-0.15, -0.1) is 0 Å². The molecule has 0 saturated carbocycles. The molecular weight excluding hydrogens is 494 g/mol. The van der Waals surface area contributed by atoms with Crippen LogP contribution in [0.1, 0.15) is 59.9 Å². The molecule has 1 heterocycles. The van der Waals surface area contributed by atoms with Crippen LogP contribution in [0.15, 0.2) is 71.2 Å². The number of rotatable bonds is 11. The van der Waals surface area contributed by atoms with Crippen LogP contribution < -0.4 is 24.0 Å². The molecule has 0 atom stereocenters. The first-order chi connectivity index (χ1) is 18.7. The van der Waals surface area contributed by atoms with Gasteiger partial charge in [-0.1, -0.05) is 51.1 Å². The SMILES string of the molecule is C/C=C\C=NC(=C(C)C)c1nc(OCC)c(Oc2ccccc2OC)c(OOc2ccc(C(C)(C)C)cc2)n1. The van der Waals surface area contributed by atoms with Crippen LogP contribution in [-0.4, -0.2) is 29.9 Å². The lowest BCUT2D eigenvalue weighted by atomic mass is 9.87. The molecule has 0 N–H and O–H groups in total. The first-order valence-electron chi connectivity index (χ1n) is 12.8.